The van der Waals surface area contributed by atoms with E-state index in [4.69, 9.17) is 24.3 Å². The molecule has 3 unspecified atom stereocenters. The van der Waals surface area contributed by atoms with Gasteiger partial charge >= 0.3 is 19.8 Å². The van der Waals surface area contributed by atoms with Crippen LogP contribution < -0.4 is 5.73 Å². The number of carbonyl (C=O) groups is 2. The van der Waals surface area contributed by atoms with Crippen molar-refractivity contribution in [3.05, 3.63) is 48.6 Å². The van der Waals surface area contributed by atoms with Crippen molar-refractivity contribution in [2.24, 2.45) is 5.73 Å². The first-order valence-electron chi connectivity index (χ1n) is 20.2. The lowest BCUT2D eigenvalue weighted by Crippen LogP contribution is -2.29. The number of hydrogen-bond acceptors (Lipinski definition) is 9. The van der Waals surface area contributed by atoms with E-state index < -0.39 is 32.5 Å². The van der Waals surface area contributed by atoms with Gasteiger partial charge in [-0.1, -0.05) is 159 Å². The summed E-state index contributed by atoms with van der Waals surface area (Å²) in [6.45, 7) is 3.51. The molecule has 11 heteroatoms. The van der Waals surface area contributed by atoms with Crippen molar-refractivity contribution < 1.29 is 42.7 Å². The Morgan fingerprint density at radius 1 is 0.673 bits per heavy atom. The molecule has 0 heterocycles. The number of hydrogen-bond donors (Lipinski definition) is 3. The molecule has 0 saturated heterocycles. The molecule has 0 rings (SSSR count). The second-order valence-electron chi connectivity index (χ2n) is 13.4. The quantitative estimate of drug-likeness (QED) is 0.0183. The summed E-state index contributed by atoms with van der Waals surface area (Å²) in [5, 5.41) is 9.88. The zero-order valence-electron chi connectivity index (χ0n) is 32.6. The zero-order valence-corrected chi connectivity index (χ0v) is 33.5. The van der Waals surface area contributed by atoms with Crippen molar-refractivity contribution >= 4 is 19.8 Å². The Hall–Kier alpha value is -2.07. The number of aliphatic hydroxyl groups excluding tert-OH is 1. The van der Waals surface area contributed by atoms with Gasteiger partial charge in [0.1, 0.15) is 6.61 Å². The van der Waals surface area contributed by atoms with Crippen molar-refractivity contribution in [2.45, 2.75) is 174 Å². The molecular weight excluding hydrogens is 681 g/mol. The number of aliphatic hydroxyl groups is 1. The maximum Gasteiger partial charge on any atom is 0.472 e. The molecule has 0 amide bonds. The third-order valence-electron chi connectivity index (χ3n) is 8.32. The van der Waals surface area contributed by atoms with Crippen molar-refractivity contribution in [3.63, 3.8) is 0 Å². The first kappa shape index (κ1) is 49.9. The highest BCUT2D eigenvalue weighted by molar-refractivity contribution is 7.47. The fourth-order valence-electron chi connectivity index (χ4n) is 5.27. The van der Waals surface area contributed by atoms with Crippen LogP contribution in [0.4, 0.5) is 0 Å². The number of esters is 2. The first-order chi connectivity index (χ1) is 25.2. The Morgan fingerprint density at radius 3 is 1.87 bits per heavy atom. The van der Waals surface area contributed by atoms with Gasteiger partial charge in [-0.3, -0.25) is 18.6 Å². The van der Waals surface area contributed by atoms with E-state index in [2.05, 4.69) is 26.0 Å². The number of carbonyl (C=O) groups excluding carboxylic acids is 2. The summed E-state index contributed by atoms with van der Waals surface area (Å²) in [7, 11) is -4.40. The molecule has 0 aliphatic carbocycles. The minimum absolute atomic E-state index is 0.0365. The number of phosphoric acid groups is 1. The second kappa shape index (κ2) is 37.3. The highest BCUT2D eigenvalue weighted by atomic mass is 31.2. The zero-order chi connectivity index (χ0) is 38.4. The molecule has 0 radical (unpaired) electrons. The third kappa shape index (κ3) is 36.3. The Bertz CT molecular complexity index is 1010. The summed E-state index contributed by atoms with van der Waals surface area (Å²) < 4.78 is 32.6. The van der Waals surface area contributed by atoms with E-state index in [1.165, 1.54) is 64.2 Å². The molecule has 10 nitrogen and oxygen atoms in total. The smallest absolute Gasteiger partial charge is 0.462 e. The molecular formula is C41H74NO9P. The van der Waals surface area contributed by atoms with Gasteiger partial charge in [0.25, 0.3) is 0 Å². The summed E-state index contributed by atoms with van der Waals surface area (Å²) in [4.78, 5) is 34.7. The largest absolute Gasteiger partial charge is 0.472 e. The molecule has 0 aromatic carbocycles. The van der Waals surface area contributed by atoms with E-state index in [-0.39, 0.29) is 38.7 Å². The van der Waals surface area contributed by atoms with Crippen LogP contribution in [0.1, 0.15) is 162 Å². The lowest BCUT2D eigenvalue weighted by molar-refractivity contribution is -0.161. The Labute approximate surface area is 316 Å². The van der Waals surface area contributed by atoms with E-state index in [1.54, 1.807) is 0 Å². The molecule has 4 N–H and O–H groups in total. The lowest BCUT2D eigenvalue weighted by Gasteiger charge is -2.19. The summed E-state index contributed by atoms with van der Waals surface area (Å²) >= 11 is 0. The minimum atomic E-state index is -4.40. The summed E-state index contributed by atoms with van der Waals surface area (Å²) in [5.74, 6) is -0.921. The summed E-state index contributed by atoms with van der Waals surface area (Å²) in [5.41, 5.74) is 5.33. The van der Waals surface area contributed by atoms with Gasteiger partial charge in [-0.25, -0.2) is 4.57 Å². The first-order valence-corrected chi connectivity index (χ1v) is 21.7. The van der Waals surface area contributed by atoms with Gasteiger partial charge in [0.2, 0.25) is 0 Å². The van der Waals surface area contributed by atoms with E-state index in [9.17, 15) is 24.2 Å². The second-order valence-corrected chi connectivity index (χ2v) is 14.8. The molecule has 0 aliphatic heterocycles. The summed E-state index contributed by atoms with van der Waals surface area (Å²) in [6, 6.07) is 0. The monoisotopic (exact) mass is 756 g/mol. The van der Waals surface area contributed by atoms with Gasteiger partial charge < -0.3 is 25.2 Å². The maximum absolute atomic E-state index is 12.5. The number of rotatable bonds is 37. The van der Waals surface area contributed by atoms with Crippen LogP contribution in [0.3, 0.4) is 0 Å². The fourth-order valence-corrected chi connectivity index (χ4v) is 6.03. The predicted octanol–water partition coefficient (Wildman–Crippen LogP) is 10.1. The van der Waals surface area contributed by atoms with Gasteiger partial charge in [-0.2, -0.15) is 0 Å². The normalized spacial score (nSPS) is 14.5. The SMILES string of the molecule is CCCCCCCCCCCCCCCC(=O)OCC(COP(=O)(O)OCCN)OC(=O)CCCC=CCC=CCC=CC=CC(O)CCCCC. The number of unbranched alkanes of at least 4 members (excludes halogenated alkanes) is 15. The molecule has 52 heavy (non-hydrogen) atoms. The van der Waals surface area contributed by atoms with Gasteiger partial charge in [0, 0.05) is 19.4 Å². The number of phosphoric ester groups is 1. The van der Waals surface area contributed by atoms with Crippen LogP contribution in [0, 0.1) is 0 Å². The van der Waals surface area contributed by atoms with Crippen LogP contribution >= 0.6 is 7.82 Å². The number of nitrogens with two attached hydrogens (primary N) is 1. The molecule has 0 aromatic rings. The fraction of sp³-hybridized carbons (Fsp3) is 0.756. The Morgan fingerprint density at radius 2 is 1.23 bits per heavy atom. The van der Waals surface area contributed by atoms with E-state index in [0.29, 0.717) is 12.8 Å². The minimum Gasteiger partial charge on any atom is -0.462 e. The van der Waals surface area contributed by atoms with Crippen LogP contribution in [0.15, 0.2) is 48.6 Å². The highest BCUT2D eigenvalue weighted by Crippen LogP contribution is 2.43. The average Bonchev–Trinajstić information content (AvgIpc) is 3.12. The van der Waals surface area contributed by atoms with Crippen molar-refractivity contribution in [1.29, 1.82) is 0 Å². The van der Waals surface area contributed by atoms with Crippen LogP contribution in [0.25, 0.3) is 0 Å². The van der Waals surface area contributed by atoms with Crippen LogP contribution in [-0.4, -0.2) is 60.5 Å². The number of ether oxygens (including phenoxy) is 2. The Balaban J connectivity index is 4.35. The average molecular weight is 756 g/mol. The van der Waals surface area contributed by atoms with Crippen LogP contribution in [0.5, 0.6) is 0 Å². The summed E-state index contributed by atoms with van der Waals surface area (Å²) in [6.07, 6.45) is 37.6. The molecule has 302 valence electrons. The van der Waals surface area contributed by atoms with Crippen LogP contribution in [-0.2, 0) is 32.7 Å². The number of allylic oxidation sites excluding steroid dienone is 7. The molecule has 0 aliphatic rings. The lowest BCUT2D eigenvalue weighted by atomic mass is 10.0. The standard InChI is InChI=1S/C41H74NO9P/c1-3-5-7-8-9-10-11-12-15-18-21-24-28-32-40(44)48-36-39(37-50-52(46,47)49-35-34-42)51-41(45)33-29-25-22-19-16-13-14-17-20-23-27-31-38(43)30-26-6-4-2/h13-14,19-20,22-23,27,31,38-39,43H,3-12,15-18,21,24-26,28-30,32-37,42H2,1-2H3,(H,46,47). The molecule has 0 saturated carbocycles. The topological polar surface area (TPSA) is 155 Å². The van der Waals surface area contributed by atoms with Crippen molar-refractivity contribution in [3.8, 4) is 0 Å². The third-order valence-corrected chi connectivity index (χ3v) is 9.31. The van der Waals surface area contributed by atoms with Crippen molar-refractivity contribution in [2.75, 3.05) is 26.4 Å². The highest BCUT2D eigenvalue weighted by Gasteiger charge is 2.25. The maximum atomic E-state index is 12.5. The van der Waals surface area contributed by atoms with E-state index >= 15 is 0 Å². The van der Waals surface area contributed by atoms with Crippen molar-refractivity contribution in [1.82, 2.24) is 0 Å². The molecule has 0 spiro atoms. The Kier molecular flexibility index (Phi) is 35.8. The van der Waals surface area contributed by atoms with Gasteiger partial charge in [-0.05, 0) is 38.5 Å². The molecule has 0 aromatic heterocycles. The van der Waals surface area contributed by atoms with Gasteiger partial charge in [-0.15, -0.1) is 0 Å². The van der Waals surface area contributed by atoms with Gasteiger partial charge in [0.05, 0.1) is 19.3 Å². The van der Waals surface area contributed by atoms with E-state index in [0.717, 1.165) is 57.8 Å². The molecule has 0 fully saturated rings. The van der Waals surface area contributed by atoms with Crippen LogP contribution in [0.2, 0.25) is 0 Å². The van der Waals surface area contributed by atoms with Gasteiger partial charge in [0.15, 0.2) is 6.10 Å². The predicted molar refractivity (Wildman–Crippen MR) is 212 cm³/mol. The molecule has 3 atom stereocenters. The van der Waals surface area contributed by atoms with E-state index in [1.807, 2.05) is 36.5 Å². The molecule has 0 bridgehead atoms.